The summed E-state index contributed by atoms with van der Waals surface area (Å²) in [5.41, 5.74) is 1.11. The number of aliphatic hydroxyl groups excluding tert-OH is 1. The molecule has 80 valence electrons. The quantitative estimate of drug-likeness (QED) is 0.781. The highest BCUT2D eigenvalue weighted by molar-refractivity contribution is 5.19. The number of rotatable bonds is 2. The number of fused-ring (bicyclic) bond motifs is 2. The van der Waals surface area contributed by atoms with Crippen molar-refractivity contribution in [1.82, 2.24) is 0 Å². The summed E-state index contributed by atoms with van der Waals surface area (Å²) in [6.45, 7) is 0. The molecule has 2 saturated carbocycles. The van der Waals surface area contributed by atoms with Crippen LogP contribution < -0.4 is 0 Å². The Hall–Kier alpha value is -0.820. The summed E-state index contributed by atoms with van der Waals surface area (Å²) in [7, 11) is 0. The molecule has 0 spiro atoms. The van der Waals surface area contributed by atoms with Crippen LogP contribution in [0.25, 0.3) is 0 Å². The smallest absolute Gasteiger partial charge is 0.0820 e. The van der Waals surface area contributed by atoms with E-state index in [9.17, 15) is 5.11 Å². The standard InChI is InChI=1S/C14H18O/c15-14(11-4-2-1-3-5-11)13-9-10-6-7-12(13)8-10/h1-5,10,12-15H,6-9H2/t10-,12+,13?,14?/m1/s1. The molecule has 1 nitrogen and oxygen atoms in total. The SMILES string of the molecule is OC(c1ccccc1)C1C[C@@H]2CC[C@H]1C2. The predicted octanol–water partition coefficient (Wildman–Crippen LogP) is 3.16. The van der Waals surface area contributed by atoms with E-state index in [1.54, 1.807) is 0 Å². The molecule has 2 aliphatic rings. The molecule has 1 heteroatoms. The van der Waals surface area contributed by atoms with Gasteiger partial charge in [0.15, 0.2) is 0 Å². The van der Waals surface area contributed by atoms with Crippen molar-refractivity contribution in [2.24, 2.45) is 17.8 Å². The largest absolute Gasteiger partial charge is 0.388 e. The van der Waals surface area contributed by atoms with Gasteiger partial charge in [-0.2, -0.15) is 0 Å². The fraction of sp³-hybridized carbons (Fsp3) is 0.571. The third kappa shape index (κ3) is 1.59. The highest BCUT2D eigenvalue weighted by atomic mass is 16.3. The van der Waals surface area contributed by atoms with Gasteiger partial charge in [-0.05, 0) is 42.6 Å². The number of hydrogen-bond donors (Lipinski definition) is 1. The lowest BCUT2D eigenvalue weighted by Crippen LogP contribution is -2.19. The minimum Gasteiger partial charge on any atom is -0.388 e. The zero-order chi connectivity index (χ0) is 10.3. The second-order valence-electron chi connectivity index (χ2n) is 5.19. The van der Waals surface area contributed by atoms with Crippen molar-refractivity contribution in [2.75, 3.05) is 0 Å². The molecular formula is C14H18O. The molecule has 3 rings (SSSR count). The molecule has 1 aromatic carbocycles. The fourth-order valence-electron chi connectivity index (χ4n) is 3.58. The lowest BCUT2D eigenvalue weighted by Gasteiger charge is -2.26. The fourth-order valence-corrected chi connectivity index (χ4v) is 3.58. The topological polar surface area (TPSA) is 20.2 Å². The van der Waals surface area contributed by atoms with Crippen LogP contribution in [0.15, 0.2) is 30.3 Å². The average Bonchev–Trinajstić information content (AvgIpc) is 2.91. The van der Waals surface area contributed by atoms with Crippen molar-refractivity contribution < 1.29 is 5.11 Å². The molecule has 2 unspecified atom stereocenters. The number of benzene rings is 1. The Morgan fingerprint density at radius 3 is 2.47 bits per heavy atom. The summed E-state index contributed by atoms with van der Waals surface area (Å²) in [5, 5.41) is 10.3. The highest BCUT2D eigenvalue weighted by Crippen LogP contribution is 2.52. The zero-order valence-corrected chi connectivity index (χ0v) is 8.97. The first-order chi connectivity index (χ1) is 7.34. The summed E-state index contributed by atoms with van der Waals surface area (Å²) < 4.78 is 0. The van der Waals surface area contributed by atoms with Crippen LogP contribution >= 0.6 is 0 Å². The van der Waals surface area contributed by atoms with E-state index in [2.05, 4.69) is 12.1 Å². The van der Waals surface area contributed by atoms with E-state index in [4.69, 9.17) is 0 Å². The third-order valence-corrected chi connectivity index (χ3v) is 4.34. The van der Waals surface area contributed by atoms with E-state index < -0.39 is 0 Å². The average molecular weight is 202 g/mol. The molecule has 2 bridgehead atoms. The van der Waals surface area contributed by atoms with Gasteiger partial charge in [0.05, 0.1) is 6.10 Å². The van der Waals surface area contributed by atoms with Crippen molar-refractivity contribution in [1.29, 1.82) is 0 Å². The first kappa shape index (κ1) is 9.41. The second kappa shape index (κ2) is 3.64. The van der Waals surface area contributed by atoms with Gasteiger partial charge in [-0.3, -0.25) is 0 Å². The zero-order valence-electron chi connectivity index (χ0n) is 8.97. The van der Waals surface area contributed by atoms with Crippen LogP contribution in [-0.4, -0.2) is 5.11 Å². The van der Waals surface area contributed by atoms with Gasteiger partial charge in [0.2, 0.25) is 0 Å². The van der Waals surface area contributed by atoms with Crippen LogP contribution in [0.2, 0.25) is 0 Å². The predicted molar refractivity (Wildman–Crippen MR) is 60.3 cm³/mol. The molecule has 1 N–H and O–H groups in total. The molecule has 0 radical (unpaired) electrons. The first-order valence-corrected chi connectivity index (χ1v) is 6.07. The lowest BCUT2D eigenvalue weighted by molar-refractivity contribution is 0.0745. The lowest BCUT2D eigenvalue weighted by atomic mass is 9.82. The summed E-state index contributed by atoms with van der Waals surface area (Å²) in [4.78, 5) is 0. The van der Waals surface area contributed by atoms with Gasteiger partial charge in [0.1, 0.15) is 0 Å². The number of hydrogen-bond acceptors (Lipinski definition) is 1. The molecule has 0 amide bonds. The van der Waals surface area contributed by atoms with Gasteiger partial charge in [-0.25, -0.2) is 0 Å². The molecule has 2 fully saturated rings. The molecule has 0 heterocycles. The van der Waals surface area contributed by atoms with E-state index in [1.807, 2.05) is 18.2 Å². The van der Waals surface area contributed by atoms with Crippen LogP contribution in [0.4, 0.5) is 0 Å². The minimum absolute atomic E-state index is 0.221. The van der Waals surface area contributed by atoms with E-state index in [0.29, 0.717) is 5.92 Å². The molecule has 0 aliphatic heterocycles. The number of aliphatic hydroxyl groups is 1. The maximum absolute atomic E-state index is 10.3. The van der Waals surface area contributed by atoms with Gasteiger partial charge < -0.3 is 5.11 Å². The maximum Gasteiger partial charge on any atom is 0.0820 e. The summed E-state index contributed by atoms with van der Waals surface area (Å²) in [6, 6.07) is 10.2. The summed E-state index contributed by atoms with van der Waals surface area (Å²) >= 11 is 0. The monoisotopic (exact) mass is 202 g/mol. The molecule has 4 atom stereocenters. The van der Waals surface area contributed by atoms with Crippen LogP contribution in [0.5, 0.6) is 0 Å². The normalized spacial score (nSPS) is 35.7. The summed E-state index contributed by atoms with van der Waals surface area (Å²) in [5.74, 6) is 2.25. The molecule has 0 saturated heterocycles. The van der Waals surface area contributed by atoms with Crippen LogP contribution in [-0.2, 0) is 0 Å². The molecule has 15 heavy (non-hydrogen) atoms. The van der Waals surface area contributed by atoms with E-state index in [1.165, 1.54) is 25.7 Å². The third-order valence-electron chi connectivity index (χ3n) is 4.34. The van der Waals surface area contributed by atoms with E-state index in [0.717, 1.165) is 17.4 Å². The van der Waals surface area contributed by atoms with Crippen molar-refractivity contribution in [3.8, 4) is 0 Å². The van der Waals surface area contributed by atoms with Crippen LogP contribution in [0, 0.1) is 17.8 Å². The van der Waals surface area contributed by atoms with Gasteiger partial charge >= 0.3 is 0 Å². The van der Waals surface area contributed by atoms with Crippen LogP contribution in [0.1, 0.15) is 37.4 Å². The Morgan fingerprint density at radius 1 is 1.07 bits per heavy atom. The van der Waals surface area contributed by atoms with Gasteiger partial charge in [0.25, 0.3) is 0 Å². The molecular weight excluding hydrogens is 184 g/mol. The van der Waals surface area contributed by atoms with Crippen molar-refractivity contribution in [3.63, 3.8) is 0 Å². The molecule has 0 aromatic heterocycles. The van der Waals surface area contributed by atoms with Crippen LogP contribution in [0.3, 0.4) is 0 Å². The summed E-state index contributed by atoms with van der Waals surface area (Å²) in [6.07, 6.45) is 5.15. The van der Waals surface area contributed by atoms with E-state index in [-0.39, 0.29) is 6.10 Å². The van der Waals surface area contributed by atoms with Gasteiger partial charge in [-0.1, -0.05) is 36.8 Å². The maximum atomic E-state index is 10.3. The molecule has 2 aliphatic carbocycles. The highest BCUT2D eigenvalue weighted by Gasteiger charge is 2.42. The Balaban J connectivity index is 1.78. The van der Waals surface area contributed by atoms with Crippen molar-refractivity contribution >= 4 is 0 Å². The Morgan fingerprint density at radius 2 is 1.87 bits per heavy atom. The molecule has 1 aromatic rings. The van der Waals surface area contributed by atoms with Crippen molar-refractivity contribution in [2.45, 2.75) is 31.8 Å². The first-order valence-electron chi connectivity index (χ1n) is 6.07. The Bertz CT molecular complexity index is 332. The Labute approximate surface area is 91.1 Å². The van der Waals surface area contributed by atoms with Crippen molar-refractivity contribution in [3.05, 3.63) is 35.9 Å². The van der Waals surface area contributed by atoms with Gasteiger partial charge in [-0.15, -0.1) is 0 Å². The van der Waals surface area contributed by atoms with E-state index >= 15 is 0 Å². The second-order valence-corrected chi connectivity index (χ2v) is 5.19. The van der Waals surface area contributed by atoms with Gasteiger partial charge in [0, 0.05) is 0 Å². The Kier molecular flexibility index (Phi) is 2.28. The minimum atomic E-state index is -0.221.